The van der Waals surface area contributed by atoms with Gasteiger partial charge in [0.15, 0.2) is 0 Å². The summed E-state index contributed by atoms with van der Waals surface area (Å²) >= 11 is 0. The average molecular weight is 345 g/mol. The summed E-state index contributed by atoms with van der Waals surface area (Å²) in [6, 6.07) is 3.46. The summed E-state index contributed by atoms with van der Waals surface area (Å²) < 4.78 is 5.89. The Morgan fingerprint density at radius 3 is 2.76 bits per heavy atom. The number of piperidine rings is 1. The van der Waals surface area contributed by atoms with Crippen molar-refractivity contribution < 1.29 is 18.8 Å². The molecule has 7 nitrogen and oxygen atoms in total. The summed E-state index contributed by atoms with van der Waals surface area (Å²) in [5.41, 5.74) is -0.872. The molecule has 3 fully saturated rings. The van der Waals surface area contributed by atoms with Crippen LogP contribution in [0.4, 0.5) is 4.79 Å². The van der Waals surface area contributed by atoms with Crippen LogP contribution in [0.3, 0.4) is 0 Å². The molecular formula is C18H23N3O4. The highest BCUT2D eigenvalue weighted by Crippen LogP contribution is 2.43. The van der Waals surface area contributed by atoms with Gasteiger partial charge in [0, 0.05) is 18.9 Å². The monoisotopic (exact) mass is 345 g/mol. The van der Waals surface area contributed by atoms with Crippen LogP contribution < -0.4 is 10.6 Å². The number of aryl methyl sites for hydroxylation is 1. The standard InChI is InChI=1S/C18H23N3O4/c1-2-12-6-7-14(25-12)13-5-3-4-8-21(13)15(22)11-9-18(10-11)16(23)19-17(24)20-18/h6-7,11,13H,2-5,8-10H2,1H3,(H2,19,20,23,24)/t11?,13-,18?/m0/s1. The molecule has 0 aromatic carbocycles. The Hall–Kier alpha value is -2.31. The van der Waals surface area contributed by atoms with Crippen molar-refractivity contribution in [2.75, 3.05) is 6.54 Å². The van der Waals surface area contributed by atoms with Crippen molar-refractivity contribution in [1.29, 1.82) is 0 Å². The third kappa shape index (κ3) is 2.62. The Morgan fingerprint density at radius 1 is 1.32 bits per heavy atom. The molecule has 4 rings (SSSR count). The minimum absolute atomic E-state index is 0.0231. The van der Waals surface area contributed by atoms with Crippen molar-refractivity contribution in [1.82, 2.24) is 15.5 Å². The number of hydrogen-bond acceptors (Lipinski definition) is 4. The van der Waals surface area contributed by atoms with Crippen molar-refractivity contribution in [3.05, 3.63) is 23.7 Å². The van der Waals surface area contributed by atoms with Gasteiger partial charge in [0.2, 0.25) is 5.91 Å². The van der Waals surface area contributed by atoms with E-state index < -0.39 is 11.6 Å². The van der Waals surface area contributed by atoms with E-state index in [0.29, 0.717) is 19.4 Å². The Kier molecular flexibility index (Phi) is 3.81. The fourth-order valence-corrected chi connectivity index (χ4v) is 4.26. The number of furan rings is 1. The summed E-state index contributed by atoms with van der Waals surface area (Å²) in [6.45, 7) is 2.76. The Morgan fingerprint density at radius 2 is 2.12 bits per heavy atom. The van der Waals surface area contributed by atoms with Crippen LogP contribution in [0.5, 0.6) is 0 Å². The molecule has 1 aliphatic carbocycles. The molecule has 0 unspecified atom stereocenters. The second-order valence-electron chi connectivity index (χ2n) is 7.30. The quantitative estimate of drug-likeness (QED) is 0.818. The van der Waals surface area contributed by atoms with Gasteiger partial charge in [-0.15, -0.1) is 0 Å². The largest absolute Gasteiger partial charge is 0.464 e. The van der Waals surface area contributed by atoms with E-state index in [9.17, 15) is 14.4 Å². The van der Waals surface area contributed by atoms with Gasteiger partial charge in [0.25, 0.3) is 5.91 Å². The summed E-state index contributed by atoms with van der Waals surface area (Å²) in [5.74, 6) is 1.33. The Balaban J connectivity index is 1.47. The van der Waals surface area contributed by atoms with Crippen molar-refractivity contribution in [3.8, 4) is 0 Å². The highest BCUT2D eigenvalue weighted by atomic mass is 16.3. The molecule has 4 amide bonds. The van der Waals surface area contributed by atoms with Crippen molar-refractivity contribution >= 4 is 17.8 Å². The van der Waals surface area contributed by atoms with Gasteiger partial charge in [0.1, 0.15) is 17.1 Å². The first kappa shape index (κ1) is 16.2. The van der Waals surface area contributed by atoms with Gasteiger partial charge < -0.3 is 14.6 Å². The first-order valence-corrected chi connectivity index (χ1v) is 9.05. The highest BCUT2D eigenvalue weighted by Gasteiger charge is 2.58. The number of carbonyl (C=O) groups excluding carboxylic acids is 3. The predicted molar refractivity (Wildman–Crippen MR) is 88.5 cm³/mol. The molecule has 0 radical (unpaired) electrons. The number of hydrogen-bond donors (Lipinski definition) is 2. The maximum Gasteiger partial charge on any atom is 0.322 e. The average Bonchev–Trinajstić information content (AvgIpc) is 3.16. The molecule has 1 saturated carbocycles. The van der Waals surface area contributed by atoms with Crippen LogP contribution in [-0.2, 0) is 16.0 Å². The summed E-state index contributed by atoms with van der Waals surface area (Å²) in [5, 5.41) is 4.93. The van der Waals surface area contributed by atoms with Gasteiger partial charge in [-0.25, -0.2) is 4.79 Å². The molecule has 2 N–H and O–H groups in total. The molecule has 3 heterocycles. The summed E-state index contributed by atoms with van der Waals surface area (Å²) in [7, 11) is 0. The minimum atomic E-state index is -0.872. The smallest absolute Gasteiger partial charge is 0.322 e. The number of amides is 4. The molecule has 25 heavy (non-hydrogen) atoms. The molecule has 134 valence electrons. The molecule has 1 atom stereocenters. The van der Waals surface area contributed by atoms with Crippen molar-refractivity contribution in [2.24, 2.45) is 5.92 Å². The van der Waals surface area contributed by atoms with Crippen molar-refractivity contribution in [2.45, 2.75) is 57.0 Å². The van der Waals surface area contributed by atoms with Gasteiger partial charge in [-0.2, -0.15) is 0 Å². The molecular weight excluding hydrogens is 322 g/mol. The SMILES string of the molecule is CCc1ccc([C@@H]2CCCCN2C(=O)C2CC3(C2)NC(=O)NC3=O)o1. The number of rotatable bonds is 3. The predicted octanol–water partition coefficient (Wildman–Crippen LogP) is 1.88. The van der Waals surface area contributed by atoms with Gasteiger partial charge >= 0.3 is 6.03 Å². The van der Waals surface area contributed by atoms with Crippen LogP contribution >= 0.6 is 0 Å². The maximum absolute atomic E-state index is 13.0. The lowest BCUT2D eigenvalue weighted by atomic mass is 9.67. The Bertz CT molecular complexity index is 720. The van der Waals surface area contributed by atoms with Crippen LogP contribution in [0.2, 0.25) is 0 Å². The second-order valence-corrected chi connectivity index (χ2v) is 7.30. The molecule has 2 saturated heterocycles. The second kappa shape index (κ2) is 5.89. The zero-order valence-corrected chi connectivity index (χ0v) is 14.3. The molecule has 1 aromatic rings. The fourth-order valence-electron chi connectivity index (χ4n) is 4.26. The first-order valence-electron chi connectivity index (χ1n) is 9.05. The minimum Gasteiger partial charge on any atom is -0.464 e. The van der Waals surface area contributed by atoms with E-state index in [1.165, 1.54) is 0 Å². The zero-order valence-electron chi connectivity index (χ0n) is 14.3. The number of nitrogens with zero attached hydrogens (tertiary/aromatic N) is 1. The number of urea groups is 1. The lowest BCUT2D eigenvalue weighted by molar-refractivity contribution is -0.148. The number of imide groups is 1. The summed E-state index contributed by atoms with van der Waals surface area (Å²) in [6.07, 6.45) is 4.55. The molecule has 7 heteroatoms. The topological polar surface area (TPSA) is 91.7 Å². The van der Waals surface area contributed by atoms with E-state index in [1.54, 1.807) is 0 Å². The van der Waals surface area contributed by atoms with E-state index in [0.717, 1.165) is 37.2 Å². The van der Waals surface area contributed by atoms with E-state index in [4.69, 9.17) is 4.42 Å². The van der Waals surface area contributed by atoms with E-state index in [2.05, 4.69) is 10.6 Å². The van der Waals surface area contributed by atoms with Gasteiger partial charge in [-0.1, -0.05) is 6.92 Å². The molecule has 1 spiro atoms. The molecule has 0 bridgehead atoms. The van der Waals surface area contributed by atoms with Crippen LogP contribution in [0.1, 0.15) is 56.6 Å². The van der Waals surface area contributed by atoms with Gasteiger partial charge in [0.05, 0.1) is 6.04 Å². The third-order valence-electron chi connectivity index (χ3n) is 5.70. The number of carbonyl (C=O) groups is 3. The number of likely N-dealkylation sites (tertiary alicyclic amines) is 1. The normalized spacial score (nSPS) is 31.6. The molecule has 1 aromatic heterocycles. The molecule has 2 aliphatic heterocycles. The fraction of sp³-hybridized carbons (Fsp3) is 0.611. The highest BCUT2D eigenvalue weighted by molar-refractivity contribution is 6.08. The lowest BCUT2D eigenvalue weighted by Crippen LogP contribution is -2.60. The lowest BCUT2D eigenvalue weighted by Gasteiger charge is -2.45. The molecule has 3 aliphatic rings. The Labute approximate surface area is 146 Å². The van der Waals surface area contributed by atoms with Gasteiger partial charge in [-0.05, 0) is 44.2 Å². The van der Waals surface area contributed by atoms with Crippen LogP contribution in [-0.4, -0.2) is 34.8 Å². The van der Waals surface area contributed by atoms with Gasteiger partial charge in [-0.3, -0.25) is 14.9 Å². The van der Waals surface area contributed by atoms with Crippen LogP contribution in [0, 0.1) is 5.92 Å². The maximum atomic E-state index is 13.0. The summed E-state index contributed by atoms with van der Waals surface area (Å²) in [4.78, 5) is 38.2. The van der Waals surface area contributed by atoms with E-state index in [1.807, 2.05) is 24.0 Å². The zero-order chi connectivity index (χ0) is 17.6. The van der Waals surface area contributed by atoms with Crippen molar-refractivity contribution in [3.63, 3.8) is 0 Å². The van der Waals surface area contributed by atoms with Crippen LogP contribution in [0.15, 0.2) is 16.5 Å². The van der Waals surface area contributed by atoms with Crippen LogP contribution in [0.25, 0.3) is 0 Å². The third-order valence-corrected chi connectivity index (χ3v) is 5.70. The van der Waals surface area contributed by atoms with E-state index >= 15 is 0 Å². The first-order chi connectivity index (χ1) is 12.0. The van der Waals surface area contributed by atoms with E-state index in [-0.39, 0.29) is 23.8 Å². The number of nitrogens with one attached hydrogen (secondary N) is 2.